The number of pyridine rings is 1. The molecule has 1 aromatic carbocycles. The van der Waals surface area contributed by atoms with Gasteiger partial charge in [0.2, 0.25) is 0 Å². The number of fused-ring (bicyclic) bond motifs is 3. The molecular formula is C24H25ClN4O2. The molecule has 1 saturated carbocycles. The van der Waals surface area contributed by atoms with E-state index in [1.807, 2.05) is 19.2 Å². The molecule has 0 bridgehead atoms. The van der Waals surface area contributed by atoms with Crippen LogP contribution in [0.15, 0.2) is 41.6 Å². The molecule has 1 N–H and O–H groups in total. The largest absolute Gasteiger partial charge is 0.391 e. The van der Waals surface area contributed by atoms with Crippen LogP contribution in [0.25, 0.3) is 17.0 Å². The maximum absolute atomic E-state index is 13.6. The Morgan fingerprint density at radius 1 is 1.23 bits per heavy atom. The van der Waals surface area contributed by atoms with Crippen molar-refractivity contribution in [3.05, 3.63) is 69.0 Å². The van der Waals surface area contributed by atoms with Gasteiger partial charge in [0.1, 0.15) is 10.7 Å². The van der Waals surface area contributed by atoms with Gasteiger partial charge in [0.15, 0.2) is 0 Å². The lowest BCUT2D eigenvalue weighted by Crippen LogP contribution is -2.35. The van der Waals surface area contributed by atoms with Crippen LogP contribution in [0.4, 0.5) is 5.69 Å². The Morgan fingerprint density at radius 3 is 2.84 bits per heavy atom. The molecule has 5 rings (SSSR count). The average Bonchev–Trinajstić information content (AvgIpc) is 2.77. The SMILES string of the molecule is CN1CC=Cc2c(Cc3ccc(Cl)nc3)cc3c(=O)n([C@H]4CCCC[C@@H]4O)cnc3c21. The minimum atomic E-state index is -0.506. The van der Waals surface area contributed by atoms with Crippen LogP contribution in [-0.4, -0.2) is 39.3 Å². The van der Waals surface area contributed by atoms with Gasteiger partial charge in [0.25, 0.3) is 5.56 Å². The first-order chi connectivity index (χ1) is 15.0. The van der Waals surface area contributed by atoms with Crippen molar-refractivity contribution in [2.24, 2.45) is 0 Å². The molecule has 31 heavy (non-hydrogen) atoms. The summed E-state index contributed by atoms with van der Waals surface area (Å²) in [5, 5.41) is 11.6. The van der Waals surface area contributed by atoms with Crippen molar-refractivity contribution < 1.29 is 5.11 Å². The van der Waals surface area contributed by atoms with Crippen LogP contribution in [0.2, 0.25) is 5.15 Å². The second kappa shape index (κ2) is 8.09. The first-order valence-electron chi connectivity index (χ1n) is 10.8. The van der Waals surface area contributed by atoms with Gasteiger partial charge in [0, 0.05) is 25.4 Å². The maximum atomic E-state index is 13.6. The van der Waals surface area contributed by atoms with Crippen molar-refractivity contribution in [1.82, 2.24) is 14.5 Å². The number of aliphatic hydroxyl groups is 1. The number of halogens is 1. The zero-order valence-electron chi connectivity index (χ0n) is 17.5. The Labute approximate surface area is 185 Å². The van der Waals surface area contributed by atoms with E-state index in [0.29, 0.717) is 22.5 Å². The average molecular weight is 437 g/mol. The van der Waals surface area contributed by atoms with E-state index < -0.39 is 6.10 Å². The van der Waals surface area contributed by atoms with E-state index in [1.54, 1.807) is 23.2 Å². The topological polar surface area (TPSA) is 71.2 Å². The van der Waals surface area contributed by atoms with Gasteiger partial charge in [-0.1, -0.05) is 42.7 Å². The lowest BCUT2D eigenvalue weighted by Gasteiger charge is -2.30. The Morgan fingerprint density at radius 2 is 2.06 bits per heavy atom. The highest BCUT2D eigenvalue weighted by molar-refractivity contribution is 6.29. The number of nitrogens with zero attached hydrogens (tertiary/aromatic N) is 4. The fourth-order valence-corrected chi connectivity index (χ4v) is 4.97. The number of anilines is 1. The summed E-state index contributed by atoms with van der Waals surface area (Å²) < 4.78 is 1.64. The van der Waals surface area contributed by atoms with E-state index in [-0.39, 0.29) is 11.6 Å². The summed E-state index contributed by atoms with van der Waals surface area (Å²) in [7, 11) is 2.02. The third-order valence-corrected chi connectivity index (χ3v) is 6.68. The molecule has 0 amide bonds. The minimum absolute atomic E-state index is 0.0859. The standard InChI is InChI=1S/C24H25ClN4O2/c1-28-10-4-5-17-16(11-15-8-9-21(25)26-13-15)12-18-22(23(17)28)27-14-29(24(18)31)19-6-2-3-7-20(19)30/h4-5,8-9,12-14,19-20,30H,2-3,6-7,10-11H2,1H3/t19-,20-/m0/s1. The Kier molecular flexibility index (Phi) is 5.28. The van der Waals surface area contributed by atoms with E-state index in [2.05, 4.69) is 22.0 Å². The fourth-order valence-electron chi connectivity index (χ4n) is 4.85. The zero-order chi connectivity index (χ0) is 21.5. The molecule has 160 valence electrons. The predicted octanol–water partition coefficient (Wildman–Crippen LogP) is 3.97. The van der Waals surface area contributed by atoms with Crippen LogP contribution in [0, 0.1) is 0 Å². The summed E-state index contributed by atoms with van der Waals surface area (Å²) in [6.45, 7) is 0.764. The Hall–Kier alpha value is -2.70. The lowest BCUT2D eigenvalue weighted by molar-refractivity contribution is 0.0735. The number of likely N-dealkylation sites (N-methyl/N-ethyl adjacent to an activating group) is 1. The second-order valence-electron chi connectivity index (χ2n) is 8.52. The number of aliphatic hydroxyl groups excluding tert-OH is 1. The van der Waals surface area contributed by atoms with Crippen molar-refractivity contribution in [1.29, 1.82) is 0 Å². The Balaban J connectivity index is 1.69. The monoisotopic (exact) mass is 436 g/mol. The van der Waals surface area contributed by atoms with Gasteiger partial charge in [0.05, 0.1) is 29.5 Å². The summed E-state index contributed by atoms with van der Waals surface area (Å²) in [4.78, 5) is 24.6. The number of rotatable bonds is 3. The number of benzene rings is 1. The van der Waals surface area contributed by atoms with Crippen LogP contribution in [-0.2, 0) is 6.42 Å². The maximum Gasteiger partial charge on any atom is 0.261 e. The van der Waals surface area contributed by atoms with Gasteiger partial charge in [-0.05, 0) is 42.5 Å². The molecule has 1 fully saturated rings. The van der Waals surface area contributed by atoms with Crippen molar-refractivity contribution in [2.45, 2.75) is 44.2 Å². The highest BCUT2D eigenvalue weighted by atomic mass is 35.5. The third kappa shape index (κ3) is 3.64. The van der Waals surface area contributed by atoms with Gasteiger partial charge in [-0.15, -0.1) is 0 Å². The van der Waals surface area contributed by atoms with Gasteiger partial charge in [-0.25, -0.2) is 9.97 Å². The quantitative estimate of drug-likeness (QED) is 0.629. The second-order valence-corrected chi connectivity index (χ2v) is 8.91. The van der Waals surface area contributed by atoms with E-state index in [1.165, 1.54) is 0 Å². The fraction of sp³-hybridized carbons (Fsp3) is 0.375. The molecule has 2 atom stereocenters. The number of hydrogen-bond acceptors (Lipinski definition) is 5. The van der Waals surface area contributed by atoms with Crippen molar-refractivity contribution in [3.63, 3.8) is 0 Å². The summed E-state index contributed by atoms with van der Waals surface area (Å²) in [6, 6.07) is 5.50. The third-order valence-electron chi connectivity index (χ3n) is 6.46. The normalized spacial score (nSPS) is 20.8. The van der Waals surface area contributed by atoms with E-state index in [4.69, 9.17) is 16.6 Å². The molecule has 2 aliphatic rings. The van der Waals surface area contributed by atoms with Crippen LogP contribution < -0.4 is 10.5 Å². The van der Waals surface area contributed by atoms with Crippen molar-refractivity contribution >= 4 is 34.3 Å². The smallest absolute Gasteiger partial charge is 0.261 e. The zero-order valence-corrected chi connectivity index (χ0v) is 18.2. The van der Waals surface area contributed by atoms with Crippen LogP contribution in [0.3, 0.4) is 0 Å². The minimum Gasteiger partial charge on any atom is -0.391 e. The van der Waals surface area contributed by atoms with E-state index in [0.717, 1.165) is 54.6 Å². The van der Waals surface area contributed by atoms with E-state index in [9.17, 15) is 9.90 Å². The molecule has 1 aliphatic carbocycles. The van der Waals surface area contributed by atoms with Crippen LogP contribution >= 0.6 is 11.6 Å². The summed E-state index contributed by atoms with van der Waals surface area (Å²) in [5.74, 6) is 0. The first kappa shape index (κ1) is 20.2. The van der Waals surface area contributed by atoms with Crippen molar-refractivity contribution in [2.75, 3.05) is 18.5 Å². The van der Waals surface area contributed by atoms with Gasteiger partial charge >= 0.3 is 0 Å². The lowest BCUT2D eigenvalue weighted by atomic mass is 9.92. The van der Waals surface area contributed by atoms with Gasteiger partial charge in [-0.2, -0.15) is 0 Å². The molecule has 0 unspecified atom stereocenters. The molecule has 7 heteroatoms. The summed E-state index contributed by atoms with van der Waals surface area (Å²) in [6.07, 6.45) is 11.3. The molecule has 1 aliphatic heterocycles. The molecule has 3 heterocycles. The molecule has 6 nitrogen and oxygen atoms in total. The molecular weight excluding hydrogens is 412 g/mol. The van der Waals surface area contributed by atoms with Crippen LogP contribution in [0.5, 0.6) is 0 Å². The Bertz CT molecular complexity index is 1220. The van der Waals surface area contributed by atoms with E-state index >= 15 is 0 Å². The van der Waals surface area contributed by atoms with Crippen LogP contribution in [0.1, 0.15) is 48.4 Å². The molecule has 2 aromatic heterocycles. The first-order valence-corrected chi connectivity index (χ1v) is 11.1. The number of hydrogen-bond donors (Lipinski definition) is 1. The molecule has 0 radical (unpaired) electrons. The predicted molar refractivity (Wildman–Crippen MR) is 124 cm³/mol. The van der Waals surface area contributed by atoms with Crippen molar-refractivity contribution in [3.8, 4) is 0 Å². The summed E-state index contributed by atoms with van der Waals surface area (Å²) >= 11 is 5.95. The molecule has 3 aromatic rings. The summed E-state index contributed by atoms with van der Waals surface area (Å²) in [5.41, 5.74) is 4.77. The highest BCUT2D eigenvalue weighted by Gasteiger charge is 2.27. The molecule has 0 saturated heterocycles. The number of aromatic nitrogens is 3. The van der Waals surface area contributed by atoms with Gasteiger partial charge in [-0.3, -0.25) is 9.36 Å². The van der Waals surface area contributed by atoms with Gasteiger partial charge < -0.3 is 10.0 Å². The highest BCUT2D eigenvalue weighted by Crippen LogP contribution is 2.36. The molecule has 0 spiro atoms.